The second-order valence-corrected chi connectivity index (χ2v) is 5.86. The summed E-state index contributed by atoms with van der Waals surface area (Å²) in [5, 5.41) is 14.2. The summed E-state index contributed by atoms with van der Waals surface area (Å²) in [4.78, 5) is 17.3. The number of rotatable bonds is 5. The van der Waals surface area contributed by atoms with Gasteiger partial charge >= 0.3 is 0 Å². The molecule has 0 bridgehead atoms. The second-order valence-electron chi connectivity index (χ2n) is 5.86. The van der Waals surface area contributed by atoms with Crippen molar-refractivity contribution in [3.63, 3.8) is 0 Å². The molecule has 2 heterocycles. The minimum atomic E-state index is -0.383. The van der Waals surface area contributed by atoms with E-state index < -0.39 is 0 Å². The third-order valence-electron chi connectivity index (χ3n) is 4.13. The van der Waals surface area contributed by atoms with Crippen molar-refractivity contribution in [3.05, 3.63) is 64.3 Å². The van der Waals surface area contributed by atoms with Crippen molar-refractivity contribution in [2.24, 2.45) is 0 Å². The standard InChI is InChI=1S/C18H20N4O3/c1-13-3-4-16(12-17(13)22(23)24)20-14(2)15-5-6-19-18(11-15)21-7-9-25-10-8-21/h3-6,11-12,20H,2,7-10H2,1H3. The fourth-order valence-electron chi connectivity index (χ4n) is 2.70. The van der Waals surface area contributed by atoms with Gasteiger partial charge < -0.3 is 15.0 Å². The average molecular weight is 340 g/mol. The molecule has 25 heavy (non-hydrogen) atoms. The van der Waals surface area contributed by atoms with Gasteiger partial charge in [0, 0.05) is 47.9 Å². The molecule has 1 fully saturated rings. The number of nitro benzene ring substituents is 1. The first kappa shape index (κ1) is 16.9. The fourth-order valence-corrected chi connectivity index (χ4v) is 2.70. The first-order valence-electron chi connectivity index (χ1n) is 8.04. The average Bonchev–Trinajstić information content (AvgIpc) is 2.64. The Morgan fingerprint density at radius 3 is 2.80 bits per heavy atom. The van der Waals surface area contributed by atoms with Crippen molar-refractivity contribution >= 4 is 22.9 Å². The van der Waals surface area contributed by atoms with Crippen molar-refractivity contribution in [2.75, 3.05) is 36.5 Å². The maximum absolute atomic E-state index is 11.1. The van der Waals surface area contributed by atoms with Crippen molar-refractivity contribution in [1.82, 2.24) is 4.98 Å². The number of hydrogen-bond donors (Lipinski definition) is 1. The van der Waals surface area contributed by atoms with Crippen LogP contribution in [0.3, 0.4) is 0 Å². The number of morpholine rings is 1. The van der Waals surface area contributed by atoms with Crippen LogP contribution in [0.2, 0.25) is 0 Å². The lowest BCUT2D eigenvalue weighted by Crippen LogP contribution is -2.36. The second kappa shape index (κ2) is 7.31. The molecule has 0 spiro atoms. The minimum absolute atomic E-state index is 0.0848. The van der Waals surface area contributed by atoms with E-state index >= 15 is 0 Å². The minimum Gasteiger partial charge on any atom is -0.378 e. The lowest BCUT2D eigenvalue weighted by Gasteiger charge is -2.28. The maximum Gasteiger partial charge on any atom is 0.274 e. The maximum atomic E-state index is 11.1. The SMILES string of the molecule is C=C(Nc1ccc(C)c([N+](=O)[O-])c1)c1ccnc(N2CCOCC2)c1. The van der Waals surface area contributed by atoms with E-state index in [1.807, 2.05) is 12.1 Å². The Labute approximate surface area is 146 Å². The van der Waals surface area contributed by atoms with E-state index in [-0.39, 0.29) is 10.6 Å². The van der Waals surface area contributed by atoms with Crippen LogP contribution in [-0.4, -0.2) is 36.2 Å². The van der Waals surface area contributed by atoms with Gasteiger partial charge in [-0.3, -0.25) is 10.1 Å². The van der Waals surface area contributed by atoms with Crippen molar-refractivity contribution in [3.8, 4) is 0 Å². The number of nitro groups is 1. The Morgan fingerprint density at radius 2 is 2.08 bits per heavy atom. The molecule has 1 aliphatic rings. The van der Waals surface area contributed by atoms with Crippen molar-refractivity contribution in [1.29, 1.82) is 0 Å². The number of benzene rings is 1. The summed E-state index contributed by atoms with van der Waals surface area (Å²) >= 11 is 0. The first-order valence-corrected chi connectivity index (χ1v) is 8.04. The summed E-state index contributed by atoms with van der Waals surface area (Å²) < 4.78 is 5.36. The van der Waals surface area contributed by atoms with E-state index in [0.29, 0.717) is 30.2 Å². The number of ether oxygens (including phenoxy) is 1. The molecule has 3 rings (SSSR count). The van der Waals surface area contributed by atoms with Crippen LogP contribution >= 0.6 is 0 Å². The molecule has 0 radical (unpaired) electrons. The molecule has 7 nitrogen and oxygen atoms in total. The molecule has 0 saturated carbocycles. The zero-order valence-electron chi connectivity index (χ0n) is 14.1. The fraction of sp³-hybridized carbons (Fsp3) is 0.278. The predicted octanol–water partition coefficient (Wildman–Crippen LogP) is 3.22. The van der Waals surface area contributed by atoms with Gasteiger partial charge in [0.15, 0.2) is 0 Å². The molecule has 1 saturated heterocycles. The van der Waals surface area contributed by atoms with Gasteiger partial charge in [0.05, 0.1) is 18.1 Å². The zero-order chi connectivity index (χ0) is 17.8. The van der Waals surface area contributed by atoms with Crippen molar-refractivity contribution in [2.45, 2.75) is 6.92 Å². The Bertz CT molecular complexity index is 801. The molecule has 2 aromatic rings. The molecule has 130 valence electrons. The van der Waals surface area contributed by atoms with Gasteiger partial charge in [0.2, 0.25) is 0 Å². The third kappa shape index (κ3) is 3.95. The molecular formula is C18H20N4O3. The van der Waals surface area contributed by atoms with E-state index in [4.69, 9.17) is 4.74 Å². The molecule has 7 heteroatoms. The Kier molecular flexibility index (Phi) is 4.95. The van der Waals surface area contributed by atoms with Crippen LogP contribution in [-0.2, 0) is 4.74 Å². The Hall–Kier alpha value is -2.93. The predicted molar refractivity (Wildman–Crippen MR) is 97.8 cm³/mol. The summed E-state index contributed by atoms with van der Waals surface area (Å²) in [6, 6.07) is 8.87. The topological polar surface area (TPSA) is 80.5 Å². The molecule has 0 amide bonds. The van der Waals surface area contributed by atoms with Gasteiger partial charge in [-0.05, 0) is 25.1 Å². The molecule has 0 atom stereocenters. The first-order chi connectivity index (χ1) is 12.0. The van der Waals surface area contributed by atoms with Gasteiger partial charge in [-0.15, -0.1) is 0 Å². The van der Waals surface area contributed by atoms with Gasteiger partial charge in [0.25, 0.3) is 5.69 Å². The lowest BCUT2D eigenvalue weighted by molar-refractivity contribution is -0.385. The number of hydrogen-bond acceptors (Lipinski definition) is 6. The Balaban J connectivity index is 1.77. The highest BCUT2D eigenvalue weighted by Crippen LogP contribution is 2.26. The van der Waals surface area contributed by atoms with E-state index in [1.54, 1.807) is 25.3 Å². The normalized spacial score (nSPS) is 14.2. The van der Waals surface area contributed by atoms with Crippen LogP contribution in [0.25, 0.3) is 5.70 Å². The van der Waals surface area contributed by atoms with Gasteiger partial charge in [-0.2, -0.15) is 0 Å². The molecule has 1 aromatic carbocycles. The van der Waals surface area contributed by atoms with Crippen LogP contribution in [0, 0.1) is 17.0 Å². The molecule has 1 aliphatic heterocycles. The van der Waals surface area contributed by atoms with Gasteiger partial charge in [-0.1, -0.05) is 12.6 Å². The van der Waals surface area contributed by atoms with E-state index in [9.17, 15) is 10.1 Å². The van der Waals surface area contributed by atoms with Gasteiger partial charge in [-0.25, -0.2) is 4.98 Å². The van der Waals surface area contributed by atoms with Crippen molar-refractivity contribution < 1.29 is 9.66 Å². The number of nitrogens with zero attached hydrogens (tertiary/aromatic N) is 3. The number of pyridine rings is 1. The van der Waals surface area contributed by atoms with E-state index in [1.165, 1.54) is 6.07 Å². The number of aromatic nitrogens is 1. The highest BCUT2D eigenvalue weighted by molar-refractivity contribution is 5.77. The van der Waals surface area contributed by atoms with Gasteiger partial charge in [0.1, 0.15) is 5.82 Å². The molecule has 1 N–H and O–H groups in total. The quantitative estimate of drug-likeness (QED) is 0.665. The summed E-state index contributed by atoms with van der Waals surface area (Å²) in [5.74, 6) is 0.874. The van der Waals surface area contributed by atoms with E-state index in [0.717, 1.165) is 24.5 Å². The highest BCUT2D eigenvalue weighted by Gasteiger charge is 2.14. The number of anilines is 2. The van der Waals surface area contributed by atoms with E-state index in [2.05, 4.69) is 21.8 Å². The summed E-state index contributed by atoms with van der Waals surface area (Å²) in [6.07, 6.45) is 1.74. The monoisotopic (exact) mass is 340 g/mol. The Morgan fingerprint density at radius 1 is 1.32 bits per heavy atom. The van der Waals surface area contributed by atoms with Crippen LogP contribution in [0.1, 0.15) is 11.1 Å². The zero-order valence-corrected chi connectivity index (χ0v) is 14.1. The highest BCUT2D eigenvalue weighted by atomic mass is 16.6. The molecule has 0 aliphatic carbocycles. The van der Waals surface area contributed by atoms with Crippen LogP contribution in [0.15, 0.2) is 43.1 Å². The number of nitrogens with one attached hydrogen (secondary N) is 1. The summed E-state index contributed by atoms with van der Waals surface area (Å²) in [5.41, 5.74) is 2.89. The van der Waals surface area contributed by atoms with Crippen LogP contribution in [0.5, 0.6) is 0 Å². The summed E-state index contributed by atoms with van der Waals surface area (Å²) in [6.45, 7) is 8.77. The largest absolute Gasteiger partial charge is 0.378 e. The van der Waals surface area contributed by atoms with Crippen LogP contribution < -0.4 is 10.2 Å². The molecule has 1 aromatic heterocycles. The van der Waals surface area contributed by atoms with Crippen LogP contribution in [0.4, 0.5) is 17.2 Å². The molecule has 0 unspecified atom stereocenters. The lowest BCUT2D eigenvalue weighted by atomic mass is 10.1. The number of aryl methyl sites for hydroxylation is 1. The smallest absolute Gasteiger partial charge is 0.274 e. The molecular weight excluding hydrogens is 320 g/mol. The summed E-state index contributed by atoms with van der Waals surface area (Å²) in [7, 11) is 0. The third-order valence-corrected chi connectivity index (χ3v) is 4.13.